The van der Waals surface area contributed by atoms with Crippen LogP contribution in [0.15, 0.2) is 64.0 Å². The topological polar surface area (TPSA) is 119 Å². The fourth-order valence-electron chi connectivity index (χ4n) is 3.94. The summed E-state index contributed by atoms with van der Waals surface area (Å²) in [4.78, 5) is 13.3. The Balaban J connectivity index is 1.58. The fourth-order valence-corrected chi connectivity index (χ4v) is 7.67. The third kappa shape index (κ3) is 6.42. The minimum absolute atomic E-state index is 0.0797. The van der Waals surface area contributed by atoms with E-state index in [1.165, 1.54) is 40.7 Å². The van der Waals surface area contributed by atoms with Crippen LogP contribution >= 0.6 is 38.9 Å². The van der Waals surface area contributed by atoms with Gasteiger partial charge in [0, 0.05) is 23.2 Å². The van der Waals surface area contributed by atoms with Gasteiger partial charge in [-0.05, 0) is 68.4 Å². The predicted molar refractivity (Wildman–Crippen MR) is 148 cm³/mol. The number of sulfonamides is 1. The normalized spacial score (nSPS) is 19.4. The lowest BCUT2D eigenvalue weighted by Gasteiger charge is -2.34. The molecule has 0 spiro atoms. The van der Waals surface area contributed by atoms with Gasteiger partial charge in [0.15, 0.2) is 0 Å². The number of rotatable bonds is 7. The maximum atomic E-state index is 13.2. The van der Waals surface area contributed by atoms with Crippen molar-refractivity contribution in [2.45, 2.75) is 31.0 Å². The molecule has 0 bridgehead atoms. The number of halogens is 2. The molecular formula is C23H22BrClN3O6S3-. The number of hydrogen-bond acceptors (Lipinski definition) is 7. The number of anilines is 3. The van der Waals surface area contributed by atoms with E-state index in [2.05, 4.69) is 21.2 Å². The first kappa shape index (κ1) is 28.2. The van der Waals surface area contributed by atoms with Crippen LogP contribution < -0.4 is 9.62 Å². The molecule has 2 heterocycles. The van der Waals surface area contributed by atoms with Crippen molar-refractivity contribution in [1.29, 1.82) is 0 Å². The molecule has 1 aliphatic heterocycles. The van der Waals surface area contributed by atoms with E-state index in [9.17, 15) is 22.0 Å². The predicted octanol–water partition coefficient (Wildman–Crippen LogP) is 5.15. The number of carbonyl (C=O) groups excluding carboxylic acids is 1. The smallest absolute Gasteiger partial charge is 0.257 e. The number of amides is 1. The van der Waals surface area contributed by atoms with Crippen LogP contribution in [0.25, 0.3) is 0 Å². The molecule has 14 heteroatoms. The van der Waals surface area contributed by atoms with Crippen LogP contribution in [0.4, 0.5) is 16.4 Å². The average molecular weight is 648 g/mol. The van der Waals surface area contributed by atoms with Gasteiger partial charge in [0.1, 0.15) is 5.00 Å². The zero-order chi connectivity index (χ0) is 26.9. The summed E-state index contributed by atoms with van der Waals surface area (Å²) >= 11 is 7.63. The van der Waals surface area contributed by atoms with E-state index in [4.69, 9.17) is 16.3 Å². The molecule has 0 aliphatic carbocycles. The van der Waals surface area contributed by atoms with Gasteiger partial charge in [-0.3, -0.25) is 13.3 Å². The molecule has 3 unspecified atom stereocenters. The Bertz CT molecular complexity index is 1420. The highest BCUT2D eigenvalue weighted by atomic mass is 79.9. The standard InChI is InChI=1S/C23H23BrClN3O6S3/c1-14-12-27(13-15(2)34-14)37(32,33)18-6-4-17(5-7-18)26-23(29)19-11-16(24)3-8-20(19)28(36(30)31)22-10-9-21(25)35-22/h3-11,14-15H,12-13H2,1-2H3,(H,26,29)(H,30,31)/p-1. The SMILES string of the molecule is CC1CN(S(=O)(=O)c2ccc(NC(=O)c3cc(Br)ccc3N(c3ccc(Cl)s3)S(=O)[O-])cc2)CC(C)O1. The van der Waals surface area contributed by atoms with Crippen LogP contribution in [0, 0.1) is 0 Å². The van der Waals surface area contributed by atoms with E-state index in [0.717, 1.165) is 15.6 Å². The van der Waals surface area contributed by atoms with Crippen molar-refractivity contribution < 1.29 is 26.7 Å². The lowest BCUT2D eigenvalue weighted by Crippen LogP contribution is -2.48. The molecule has 1 fully saturated rings. The third-order valence-corrected chi connectivity index (χ3v) is 9.83. The quantitative estimate of drug-likeness (QED) is 0.355. The van der Waals surface area contributed by atoms with Gasteiger partial charge in [-0.1, -0.05) is 27.5 Å². The number of benzene rings is 2. The number of ether oxygens (including phenoxy) is 1. The summed E-state index contributed by atoms with van der Waals surface area (Å²) in [6, 6.07) is 13.5. The number of nitrogens with one attached hydrogen (secondary N) is 1. The van der Waals surface area contributed by atoms with E-state index in [1.54, 1.807) is 18.2 Å². The van der Waals surface area contributed by atoms with Crippen LogP contribution in [0.5, 0.6) is 0 Å². The van der Waals surface area contributed by atoms with E-state index in [0.29, 0.717) is 19.5 Å². The lowest BCUT2D eigenvalue weighted by molar-refractivity contribution is -0.0440. The molecule has 1 N–H and O–H groups in total. The summed E-state index contributed by atoms with van der Waals surface area (Å²) in [6.45, 7) is 4.15. The van der Waals surface area contributed by atoms with Crippen molar-refractivity contribution in [3.63, 3.8) is 0 Å². The van der Waals surface area contributed by atoms with Crippen molar-refractivity contribution >= 4 is 82.4 Å². The molecular weight excluding hydrogens is 626 g/mol. The van der Waals surface area contributed by atoms with Crippen molar-refractivity contribution in [1.82, 2.24) is 4.31 Å². The highest BCUT2D eigenvalue weighted by molar-refractivity contribution is 9.10. The second-order valence-corrected chi connectivity index (χ2v) is 13.7. The van der Waals surface area contributed by atoms with Gasteiger partial charge >= 0.3 is 0 Å². The minimum Gasteiger partial charge on any atom is -0.755 e. The summed E-state index contributed by atoms with van der Waals surface area (Å²) in [7, 11) is -3.74. The largest absolute Gasteiger partial charge is 0.755 e. The third-order valence-electron chi connectivity index (χ3n) is 5.47. The van der Waals surface area contributed by atoms with Crippen LogP contribution in [0.1, 0.15) is 24.2 Å². The second kappa shape index (κ2) is 11.5. The molecule has 1 saturated heterocycles. The van der Waals surface area contributed by atoms with Crippen molar-refractivity contribution in [3.05, 3.63) is 69.0 Å². The summed E-state index contributed by atoms with van der Waals surface area (Å²) in [5, 5.41) is 3.03. The second-order valence-electron chi connectivity index (χ2n) is 8.31. The first-order chi connectivity index (χ1) is 17.5. The first-order valence-corrected chi connectivity index (χ1v) is 15.4. The van der Waals surface area contributed by atoms with Crippen LogP contribution in [-0.4, -0.2) is 52.7 Å². The van der Waals surface area contributed by atoms with Gasteiger partial charge in [0.2, 0.25) is 10.0 Å². The molecule has 9 nitrogen and oxygen atoms in total. The molecule has 4 rings (SSSR count). The summed E-state index contributed by atoms with van der Waals surface area (Å²) in [5.74, 6) is -0.583. The van der Waals surface area contributed by atoms with Gasteiger partial charge in [-0.15, -0.1) is 11.3 Å². The summed E-state index contributed by atoms with van der Waals surface area (Å²) < 4.78 is 59.4. The monoisotopic (exact) mass is 646 g/mol. The lowest BCUT2D eigenvalue weighted by atomic mass is 10.1. The van der Waals surface area contributed by atoms with Crippen molar-refractivity contribution in [2.75, 3.05) is 22.7 Å². The maximum absolute atomic E-state index is 13.2. The van der Waals surface area contributed by atoms with Gasteiger partial charge < -0.3 is 14.6 Å². The number of hydrogen-bond donors (Lipinski definition) is 1. The molecule has 37 heavy (non-hydrogen) atoms. The molecule has 3 atom stereocenters. The number of nitrogens with zero attached hydrogens (tertiary/aromatic N) is 2. The molecule has 0 radical (unpaired) electrons. The highest BCUT2D eigenvalue weighted by Crippen LogP contribution is 2.38. The van der Waals surface area contributed by atoms with Crippen LogP contribution in [0.3, 0.4) is 0 Å². The maximum Gasteiger partial charge on any atom is 0.257 e. The van der Waals surface area contributed by atoms with Crippen molar-refractivity contribution in [2.24, 2.45) is 0 Å². The zero-order valence-electron chi connectivity index (χ0n) is 19.6. The van der Waals surface area contributed by atoms with Crippen LogP contribution in [0.2, 0.25) is 4.34 Å². The fraction of sp³-hybridized carbons (Fsp3) is 0.261. The molecule has 1 aromatic heterocycles. The van der Waals surface area contributed by atoms with Gasteiger partial charge in [0.05, 0.1) is 44.0 Å². The molecule has 3 aromatic rings. The molecule has 0 saturated carbocycles. The molecule has 1 aliphatic rings. The Kier molecular flexibility index (Phi) is 8.75. The minimum atomic E-state index is -3.74. The first-order valence-electron chi connectivity index (χ1n) is 11.0. The Morgan fingerprint density at radius 1 is 1.16 bits per heavy atom. The molecule has 198 valence electrons. The Morgan fingerprint density at radius 2 is 1.81 bits per heavy atom. The molecule has 2 aromatic carbocycles. The van der Waals surface area contributed by atoms with E-state index < -0.39 is 27.2 Å². The van der Waals surface area contributed by atoms with Crippen LogP contribution in [-0.2, 0) is 26.0 Å². The van der Waals surface area contributed by atoms with E-state index >= 15 is 0 Å². The highest BCUT2D eigenvalue weighted by Gasteiger charge is 2.32. The van der Waals surface area contributed by atoms with Gasteiger partial charge in [0.25, 0.3) is 5.91 Å². The summed E-state index contributed by atoms with van der Waals surface area (Å²) in [6.07, 6.45) is -0.436. The number of morpholine rings is 1. The Hall–Kier alpha value is -1.84. The average Bonchev–Trinajstić information content (AvgIpc) is 3.25. The summed E-state index contributed by atoms with van der Waals surface area (Å²) in [5.41, 5.74) is 0.547. The zero-order valence-corrected chi connectivity index (χ0v) is 24.4. The van der Waals surface area contributed by atoms with Crippen molar-refractivity contribution in [3.8, 4) is 0 Å². The van der Waals surface area contributed by atoms with Gasteiger partial charge in [-0.2, -0.15) is 4.31 Å². The van der Waals surface area contributed by atoms with E-state index in [1.807, 2.05) is 13.8 Å². The number of thiophene rings is 1. The van der Waals surface area contributed by atoms with Gasteiger partial charge in [-0.25, -0.2) is 8.42 Å². The number of carbonyl (C=O) groups is 1. The Labute approximate surface area is 235 Å². The molecule has 1 amide bonds. The Morgan fingerprint density at radius 3 is 2.38 bits per heavy atom. The van der Waals surface area contributed by atoms with E-state index in [-0.39, 0.29) is 41.4 Å².